The molecular weight excluding hydrogens is 352 g/mol. The van der Waals surface area contributed by atoms with Gasteiger partial charge in [-0.2, -0.15) is 0 Å². The van der Waals surface area contributed by atoms with Gasteiger partial charge in [-0.05, 0) is 36.6 Å². The monoisotopic (exact) mass is 371 g/mol. The summed E-state index contributed by atoms with van der Waals surface area (Å²) in [6.45, 7) is 1.53. The molecule has 1 aromatic heterocycles. The summed E-state index contributed by atoms with van der Waals surface area (Å²) in [6.07, 6.45) is 4.43. The first-order chi connectivity index (χ1) is 13.1. The molecule has 0 spiro atoms. The van der Waals surface area contributed by atoms with Crippen LogP contribution in [-0.2, 0) is 24.5 Å². The number of ether oxygens (including phenoxy) is 1. The van der Waals surface area contributed by atoms with Crippen LogP contribution in [0.2, 0.25) is 0 Å². The van der Waals surface area contributed by atoms with E-state index in [1.165, 1.54) is 18.2 Å². The zero-order valence-corrected chi connectivity index (χ0v) is 14.7. The molecule has 0 saturated carbocycles. The molecule has 0 atom stereocenters. The number of carbonyl (C=O) groups excluding carboxylic acids is 1. The number of amides is 1. The van der Waals surface area contributed by atoms with Crippen LogP contribution in [0.5, 0.6) is 5.88 Å². The molecule has 140 valence electrons. The zero-order chi connectivity index (χ0) is 18.8. The van der Waals surface area contributed by atoms with Crippen LogP contribution in [0.3, 0.4) is 0 Å². The Kier molecular flexibility index (Phi) is 4.75. The predicted molar refractivity (Wildman–Crippen MR) is 94.9 cm³/mol. The third-order valence-corrected chi connectivity index (χ3v) is 4.66. The van der Waals surface area contributed by atoms with Crippen LogP contribution >= 0.6 is 0 Å². The summed E-state index contributed by atoms with van der Waals surface area (Å²) in [5.41, 5.74) is 1.69. The smallest absolute Gasteiger partial charge is 0.256 e. The Labute approximate surface area is 155 Å². The quantitative estimate of drug-likeness (QED) is 0.826. The van der Waals surface area contributed by atoms with Gasteiger partial charge in [0, 0.05) is 12.6 Å². The minimum absolute atomic E-state index is 0.150. The van der Waals surface area contributed by atoms with Crippen molar-refractivity contribution in [1.82, 2.24) is 14.7 Å². The van der Waals surface area contributed by atoms with E-state index in [0.717, 1.165) is 5.69 Å². The summed E-state index contributed by atoms with van der Waals surface area (Å²) in [5.74, 6) is -0.623. The van der Waals surface area contributed by atoms with Crippen molar-refractivity contribution in [2.24, 2.45) is 0 Å². The van der Waals surface area contributed by atoms with E-state index in [9.17, 15) is 13.6 Å². The summed E-state index contributed by atoms with van der Waals surface area (Å²) in [4.78, 5) is 14.2. The van der Waals surface area contributed by atoms with Crippen molar-refractivity contribution in [3.63, 3.8) is 0 Å². The van der Waals surface area contributed by atoms with Crippen molar-refractivity contribution in [2.45, 2.75) is 32.5 Å². The Balaban J connectivity index is 1.42. The maximum atomic E-state index is 13.9. The summed E-state index contributed by atoms with van der Waals surface area (Å²) >= 11 is 0. The van der Waals surface area contributed by atoms with Crippen molar-refractivity contribution in [3.8, 4) is 5.88 Å². The first-order valence-corrected chi connectivity index (χ1v) is 8.89. The number of allylic oxidation sites excluding steroid dienone is 2. The van der Waals surface area contributed by atoms with Crippen LogP contribution in [0.4, 0.5) is 8.78 Å². The van der Waals surface area contributed by atoms with E-state index in [4.69, 9.17) is 4.74 Å². The molecule has 5 nitrogen and oxygen atoms in total. The normalized spacial score (nSPS) is 16.4. The second-order valence-electron chi connectivity index (χ2n) is 6.59. The number of rotatable bonds is 4. The van der Waals surface area contributed by atoms with Crippen LogP contribution in [-0.4, -0.2) is 27.1 Å². The van der Waals surface area contributed by atoms with Gasteiger partial charge in [-0.1, -0.05) is 18.2 Å². The molecule has 2 aromatic rings. The van der Waals surface area contributed by atoms with Gasteiger partial charge in [-0.15, -0.1) is 5.10 Å². The highest BCUT2D eigenvalue weighted by Crippen LogP contribution is 2.25. The molecule has 0 N–H and O–H groups in total. The summed E-state index contributed by atoms with van der Waals surface area (Å²) in [6, 6.07) is 7.96. The molecule has 0 unspecified atom stereocenters. The predicted octanol–water partition coefficient (Wildman–Crippen LogP) is 3.52. The molecular formula is C20H19F2N3O2. The third-order valence-electron chi connectivity index (χ3n) is 4.66. The first kappa shape index (κ1) is 17.5. The van der Waals surface area contributed by atoms with Crippen LogP contribution in [0, 0.1) is 5.82 Å². The van der Waals surface area contributed by atoms with E-state index < -0.39 is 5.83 Å². The fraction of sp³-hybridized carbons (Fsp3) is 0.300. The first-order valence-electron chi connectivity index (χ1n) is 8.89. The van der Waals surface area contributed by atoms with Gasteiger partial charge in [0.15, 0.2) is 0 Å². The summed E-state index contributed by atoms with van der Waals surface area (Å²) in [7, 11) is 0. The molecule has 1 aromatic carbocycles. The number of fused-ring (bicyclic) bond motifs is 1. The van der Waals surface area contributed by atoms with Gasteiger partial charge in [0.25, 0.3) is 5.91 Å². The fourth-order valence-corrected chi connectivity index (χ4v) is 3.27. The van der Waals surface area contributed by atoms with Gasteiger partial charge in [0.05, 0.1) is 24.4 Å². The van der Waals surface area contributed by atoms with Gasteiger partial charge in [-0.3, -0.25) is 9.48 Å². The molecule has 1 amide bonds. The Morgan fingerprint density at radius 2 is 2.00 bits per heavy atom. The number of benzene rings is 1. The molecule has 27 heavy (non-hydrogen) atoms. The van der Waals surface area contributed by atoms with Crippen molar-refractivity contribution < 1.29 is 18.3 Å². The summed E-state index contributed by atoms with van der Waals surface area (Å²) < 4.78 is 34.6. The highest BCUT2D eigenvalue weighted by atomic mass is 19.1. The van der Waals surface area contributed by atoms with Crippen LogP contribution in [0.25, 0.3) is 0 Å². The Morgan fingerprint density at radius 1 is 1.15 bits per heavy atom. The molecule has 7 heteroatoms. The molecule has 0 fully saturated rings. The largest absolute Gasteiger partial charge is 0.472 e. The molecule has 4 rings (SSSR count). The van der Waals surface area contributed by atoms with Gasteiger partial charge >= 0.3 is 0 Å². The standard InChI is InChI=1S/C20H19F2N3O2/c21-15-5-3-4-14(10-15)13-27-19-11-16-12-24(8-9-25(16)23-19)20(26)17-6-1-2-7-18(17)22/h3-7,10-11H,1-2,8-9,12-13H2. The molecule has 1 aliphatic carbocycles. The van der Waals surface area contributed by atoms with Crippen molar-refractivity contribution in [3.05, 3.63) is 71.0 Å². The molecule has 0 radical (unpaired) electrons. The second kappa shape index (κ2) is 7.34. The van der Waals surface area contributed by atoms with Crippen molar-refractivity contribution in [1.29, 1.82) is 0 Å². The average Bonchev–Trinajstić information content (AvgIpc) is 3.08. The zero-order valence-electron chi connectivity index (χ0n) is 14.7. The lowest BCUT2D eigenvalue weighted by Gasteiger charge is -2.28. The lowest BCUT2D eigenvalue weighted by Crippen LogP contribution is -2.39. The number of hydrogen-bond donors (Lipinski definition) is 0. The molecule has 0 bridgehead atoms. The van der Waals surface area contributed by atoms with Crippen molar-refractivity contribution >= 4 is 5.91 Å². The third kappa shape index (κ3) is 3.77. The topological polar surface area (TPSA) is 47.4 Å². The molecule has 1 aliphatic heterocycles. The number of nitrogens with zero attached hydrogens (tertiary/aromatic N) is 3. The summed E-state index contributed by atoms with van der Waals surface area (Å²) in [5, 5.41) is 4.37. The number of aromatic nitrogens is 2. The maximum Gasteiger partial charge on any atom is 0.256 e. The molecule has 2 aliphatic rings. The highest BCUT2D eigenvalue weighted by Gasteiger charge is 2.27. The van der Waals surface area contributed by atoms with E-state index >= 15 is 0 Å². The number of carbonyl (C=O) groups is 1. The van der Waals surface area contributed by atoms with Gasteiger partial charge < -0.3 is 9.64 Å². The van der Waals surface area contributed by atoms with Gasteiger partial charge in [-0.25, -0.2) is 8.78 Å². The van der Waals surface area contributed by atoms with Gasteiger partial charge in [0.1, 0.15) is 18.3 Å². The van der Waals surface area contributed by atoms with E-state index in [0.29, 0.717) is 43.9 Å². The van der Waals surface area contributed by atoms with Crippen LogP contribution in [0.15, 0.2) is 53.9 Å². The lowest BCUT2D eigenvalue weighted by molar-refractivity contribution is -0.128. The molecule has 2 heterocycles. The lowest BCUT2D eigenvalue weighted by atomic mass is 10.0. The second-order valence-corrected chi connectivity index (χ2v) is 6.59. The van der Waals surface area contributed by atoms with E-state index in [1.807, 2.05) is 0 Å². The van der Waals surface area contributed by atoms with Gasteiger partial charge in [0.2, 0.25) is 5.88 Å². The number of hydrogen-bond acceptors (Lipinski definition) is 3. The highest BCUT2D eigenvalue weighted by molar-refractivity contribution is 5.97. The average molecular weight is 371 g/mol. The van der Waals surface area contributed by atoms with E-state index in [2.05, 4.69) is 5.10 Å². The number of halogens is 2. The Morgan fingerprint density at radius 3 is 2.81 bits per heavy atom. The van der Waals surface area contributed by atoms with Crippen LogP contribution < -0.4 is 4.74 Å². The maximum absolute atomic E-state index is 13.9. The van der Waals surface area contributed by atoms with Crippen LogP contribution in [0.1, 0.15) is 24.1 Å². The molecule has 0 saturated heterocycles. The van der Waals surface area contributed by atoms with E-state index in [1.54, 1.807) is 33.9 Å². The Bertz CT molecular complexity index is 933. The fourth-order valence-electron chi connectivity index (χ4n) is 3.27. The minimum Gasteiger partial charge on any atom is -0.472 e. The van der Waals surface area contributed by atoms with E-state index in [-0.39, 0.29) is 23.9 Å². The minimum atomic E-state index is -0.440. The van der Waals surface area contributed by atoms with Crippen molar-refractivity contribution in [2.75, 3.05) is 6.54 Å². The Hall–Kier alpha value is -2.96. The SMILES string of the molecule is O=C(C1=CCCC=C1F)N1CCn2nc(OCc3cccc(F)c3)cc2C1.